The van der Waals surface area contributed by atoms with Crippen LogP contribution in [-0.2, 0) is 9.53 Å². The van der Waals surface area contributed by atoms with E-state index in [9.17, 15) is 9.90 Å². The molecular formula is C21H30O3. The van der Waals surface area contributed by atoms with Gasteiger partial charge in [-0.25, -0.2) is 0 Å². The van der Waals surface area contributed by atoms with E-state index in [4.69, 9.17) is 4.74 Å². The Kier molecular flexibility index (Phi) is 2.94. The van der Waals surface area contributed by atoms with E-state index in [-0.39, 0.29) is 28.8 Å². The Morgan fingerprint density at radius 2 is 2.04 bits per heavy atom. The first-order chi connectivity index (χ1) is 11.3. The summed E-state index contributed by atoms with van der Waals surface area (Å²) in [6, 6.07) is 0. The second-order valence-electron chi connectivity index (χ2n) is 9.75. The van der Waals surface area contributed by atoms with Crippen LogP contribution < -0.4 is 0 Å². The molecule has 0 unspecified atom stereocenters. The van der Waals surface area contributed by atoms with Crippen molar-refractivity contribution in [2.45, 2.75) is 83.5 Å². The van der Waals surface area contributed by atoms with E-state index in [1.807, 2.05) is 0 Å². The number of epoxide rings is 1. The van der Waals surface area contributed by atoms with E-state index < -0.39 is 5.60 Å². The Balaban J connectivity index is 1.51. The van der Waals surface area contributed by atoms with E-state index in [0.717, 1.165) is 44.4 Å². The predicted molar refractivity (Wildman–Crippen MR) is 91.4 cm³/mol. The molecule has 0 bridgehead atoms. The van der Waals surface area contributed by atoms with E-state index in [0.29, 0.717) is 11.8 Å². The van der Waals surface area contributed by atoms with Gasteiger partial charge in [0.1, 0.15) is 0 Å². The van der Waals surface area contributed by atoms with Gasteiger partial charge in [0, 0.05) is 5.41 Å². The summed E-state index contributed by atoms with van der Waals surface area (Å²) >= 11 is 0. The second-order valence-corrected chi connectivity index (χ2v) is 9.75. The highest BCUT2D eigenvalue weighted by atomic mass is 16.6. The maximum atomic E-state index is 12.4. The van der Waals surface area contributed by atoms with Crippen LogP contribution in [0.5, 0.6) is 0 Å². The number of allylic oxidation sites excluding steroid dienone is 1. The Labute approximate surface area is 144 Å². The third-order valence-corrected chi connectivity index (χ3v) is 9.03. The van der Waals surface area contributed by atoms with Crippen molar-refractivity contribution in [1.82, 2.24) is 0 Å². The van der Waals surface area contributed by atoms with Gasteiger partial charge in [-0.2, -0.15) is 0 Å². The highest BCUT2D eigenvalue weighted by molar-refractivity contribution is 5.90. The standard InChI is InChI=1S/C21H30O3/c1-12(22)21-18(24-21)11-17-15-5-4-13-10-14(23)6-8-19(13,2)16(15)7-9-20(17,21)3/h4,14-18,23H,5-11H2,1-3H3/t14-,15+,16-,17-,18+,19-,20-,21-/m0/s1. The molecule has 1 N–H and O–H groups in total. The Hall–Kier alpha value is -0.670. The van der Waals surface area contributed by atoms with Crippen molar-refractivity contribution < 1.29 is 14.6 Å². The third kappa shape index (κ3) is 1.60. The molecule has 0 aromatic heterocycles. The van der Waals surface area contributed by atoms with Gasteiger partial charge >= 0.3 is 0 Å². The minimum Gasteiger partial charge on any atom is -0.393 e. The van der Waals surface area contributed by atoms with Gasteiger partial charge in [-0.05, 0) is 75.0 Å². The number of ether oxygens (including phenoxy) is 1. The zero-order valence-electron chi connectivity index (χ0n) is 15.2. The number of hydrogen-bond donors (Lipinski definition) is 1. The van der Waals surface area contributed by atoms with Crippen LogP contribution in [0.15, 0.2) is 11.6 Å². The second kappa shape index (κ2) is 4.54. The first kappa shape index (κ1) is 15.6. The van der Waals surface area contributed by atoms with Crippen molar-refractivity contribution in [3.8, 4) is 0 Å². The summed E-state index contributed by atoms with van der Waals surface area (Å²) in [6.45, 7) is 6.54. The molecular weight excluding hydrogens is 300 g/mol. The number of aliphatic hydroxyl groups excluding tert-OH is 1. The van der Waals surface area contributed by atoms with E-state index >= 15 is 0 Å². The third-order valence-electron chi connectivity index (χ3n) is 9.03. The molecule has 5 rings (SSSR count). The SMILES string of the molecule is CC(=O)[C@]12O[C@@H]1C[C@H]1[C@@H]3CC=C4C[C@@H](O)CC[C@]4(C)[C@H]3CC[C@@]12C. The van der Waals surface area contributed by atoms with Gasteiger partial charge in [0.15, 0.2) is 11.4 Å². The Morgan fingerprint density at radius 3 is 2.79 bits per heavy atom. The lowest BCUT2D eigenvalue weighted by molar-refractivity contribution is -0.135. The number of hydrogen-bond acceptors (Lipinski definition) is 3. The van der Waals surface area contributed by atoms with Crippen LogP contribution in [0, 0.1) is 28.6 Å². The van der Waals surface area contributed by atoms with Crippen LogP contribution >= 0.6 is 0 Å². The summed E-state index contributed by atoms with van der Waals surface area (Å²) in [5.41, 5.74) is 1.39. The number of aliphatic hydroxyl groups is 1. The predicted octanol–water partition coefficient (Wildman–Crippen LogP) is 3.65. The van der Waals surface area contributed by atoms with Crippen molar-refractivity contribution in [3.63, 3.8) is 0 Å². The molecule has 3 nitrogen and oxygen atoms in total. The summed E-state index contributed by atoms with van der Waals surface area (Å²) in [5.74, 6) is 2.31. The molecule has 3 heteroatoms. The molecule has 4 aliphatic carbocycles. The van der Waals surface area contributed by atoms with Gasteiger partial charge in [-0.1, -0.05) is 25.5 Å². The number of ketones is 1. The summed E-state index contributed by atoms with van der Waals surface area (Å²) < 4.78 is 6.00. The fourth-order valence-electron chi connectivity index (χ4n) is 7.71. The minimum absolute atomic E-state index is 0.0422. The normalized spacial score (nSPS) is 58.0. The number of rotatable bonds is 1. The zero-order chi connectivity index (χ0) is 16.9. The van der Waals surface area contributed by atoms with Crippen LogP contribution in [0.25, 0.3) is 0 Å². The van der Waals surface area contributed by atoms with Gasteiger partial charge in [0.25, 0.3) is 0 Å². The Morgan fingerprint density at radius 1 is 1.25 bits per heavy atom. The first-order valence-electron chi connectivity index (χ1n) is 9.89. The van der Waals surface area contributed by atoms with Crippen molar-refractivity contribution >= 4 is 5.78 Å². The summed E-state index contributed by atoms with van der Waals surface area (Å²) in [5, 5.41) is 10.1. The molecule has 0 spiro atoms. The Bertz CT molecular complexity index is 639. The van der Waals surface area contributed by atoms with Crippen molar-refractivity contribution in [1.29, 1.82) is 0 Å². The molecule has 24 heavy (non-hydrogen) atoms. The van der Waals surface area contributed by atoms with E-state index in [1.54, 1.807) is 6.92 Å². The smallest absolute Gasteiger partial charge is 0.164 e. The number of carbonyl (C=O) groups excluding carboxylic acids is 1. The average Bonchev–Trinajstić information content (AvgIpc) is 3.21. The lowest BCUT2D eigenvalue weighted by Gasteiger charge is -2.58. The van der Waals surface area contributed by atoms with Gasteiger partial charge in [-0.3, -0.25) is 4.79 Å². The summed E-state index contributed by atoms with van der Waals surface area (Å²) in [6.07, 6.45) is 10.0. The molecule has 0 aromatic carbocycles. The lowest BCUT2D eigenvalue weighted by atomic mass is 9.47. The maximum Gasteiger partial charge on any atom is 0.164 e. The lowest BCUT2D eigenvalue weighted by Crippen LogP contribution is -2.54. The molecule has 4 fully saturated rings. The van der Waals surface area contributed by atoms with Crippen LogP contribution in [0.3, 0.4) is 0 Å². The van der Waals surface area contributed by atoms with Gasteiger partial charge in [0.05, 0.1) is 12.2 Å². The molecule has 3 saturated carbocycles. The van der Waals surface area contributed by atoms with E-state index in [1.165, 1.54) is 12.0 Å². The first-order valence-corrected chi connectivity index (χ1v) is 9.89. The molecule has 0 aromatic rings. The van der Waals surface area contributed by atoms with Crippen LogP contribution in [0.2, 0.25) is 0 Å². The highest BCUT2D eigenvalue weighted by Gasteiger charge is 2.79. The van der Waals surface area contributed by atoms with Crippen molar-refractivity contribution in [2.75, 3.05) is 0 Å². The largest absolute Gasteiger partial charge is 0.393 e. The highest BCUT2D eigenvalue weighted by Crippen LogP contribution is 2.73. The van der Waals surface area contributed by atoms with Crippen molar-refractivity contribution in [3.05, 3.63) is 11.6 Å². The molecule has 132 valence electrons. The number of Topliss-reactive ketones (excluding diaryl/α,β-unsaturated/α-hetero) is 1. The molecule has 1 heterocycles. The maximum absolute atomic E-state index is 12.4. The molecule has 8 atom stereocenters. The quantitative estimate of drug-likeness (QED) is 0.590. The fraction of sp³-hybridized carbons (Fsp3) is 0.857. The minimum atomic E-state index is -0.448. The van der Waals surface area contributed by atoms with Crippen LogP contribution in [0.4, 0.5) is 0 Å². The monoisotopic (exact) mass is 330 g/mol. The zero-order valence-corrected chi connectivity index (χ0v) is 15.2. The number of fused-ring (bicyclic) bond motifs is 7. The summed E-state index contributed by atoms with van der Waals surface area (Å²) in [4.78, 5) is 12.4. The topological polar surface area (TPSA) is 49.8 Å². The average molecular weight is 330 g/mol. The van der Waals surface area contributed by atoms with Gasteiger partial charge in [0.2, 0.25) is 0 Å². The summed E-state index contributed by atoms with van der Waals surface area (Å²) in [7, 11) is 0. The van der Waals surface area contributed by atoms with Gasteiger partial charge < -0.3 is 9.84 Å². The van der Waals surface area contributed by atoms with Crippen molar-refractivity contribution in [2.24, 2.45) is 28.6 Å². The number of carbonyl (C=O) groups is 1. The van der Waals surface area contributed by atoms with Crippen LogP contribution in [0.1, 0.15) is 65.7 Å². The fourth-order valence-corrected chi connectivity index (χ4v) is 7.71. The van der Waals surface area contributed by atoms with Crippen LogP contribution in [-0.4, -0.2) is 28.7 Å². The molecule has 0 amide bonds. The van der Waals surface area contributed by atoms with E-state index in [2.05, 4.69) is 19.9 Å². The molecule has 5 aliphatic rings. The molecule has 1 saturated heterocycles. The van der Waals surface area contributed by atoms with Gasteiger partial charge in [-0.15, -0.1) is 0 Å². The molecule has 1 aliphatic heterocycles. The molecule has 0 radical (unpaired) electrons.